The minimum absolute atomic E-state index is 0.351. The van der Waals surface area contributed by atoms with Gasteiger partial charge in [-0.1, -0.05) is 24.8 Å². The Kier molecular flexibility index (Phi) is 4.52. The van der Waals surface area contributed by atoms with Gasteiger partial charge in [0.05, 0.1) is 7.11 Å². The number of rotatable bonds is 4. The predicted molar refractivity (Wildman–Crippen MR) is 68.2 cm³/mol. The Labute approximate surface area is 101 Å². The second-order valence-corrected chi connectivity index (χ2v) is 3.58. The summed E-state index contributed by atoms with van der Waals surface area (Å²) in [5.41, 5.74) is 1.34. The fourth-order valence-electron chi connectivity index (χ4n) is 1.25. The van der Waals surface area contributed by atoms with Crippen molar-refractivity contribution in [1.82, 2.24) is 0 Å². The largest absolute Gasteiger partial charge is 0.493 e. The van der Waals surface area contributed by atoms with Crippen molar-refractivity contribution in [3.63, 3.8) is 0 Å². The van der Waals surface area contributed by atoms with Crippen LogP contribution in [0, 0.1) is 0 Å². The van der Waals surface area contributed by atoms with E-state index in [0.29, 0.717) is 17.1 Å². The van der Waals surface area contributed by atoms with Gasteiger partial charge in [0, 0.05) is 5.57 Å². The summed E-state index contributed by atoms with van der Waals surface area (Å²) in [6.45, 7) is 7.06. The molecule has 0 bridgehead atoms. The monoisotopic (exact) mass is 232 g/mol. The molecule has 0 aromatic heterocycles. The second-order valence-electron chi connectivity index (χ2n) is 3.58. The molecule has 0 spiro atoms. The molecule has 1 aromatic rings. The summed E-state index contributed by atoms with van der Waals surface area (Å²) in [6.07, 6.45) is 3.86. The molecule has 0 saturated carbocycles. The molecule has 0 fully saturated rings. The van der Waals surface area contributed by atoms with E-state index >= 15 is 0 Å². The molecule has 0 amide bonds. The topological polar surface area (TPSA) is 35.5 Å². The number of allylic oxidation sites excluding steroid dienone is 1. The maximum atomic E-state index is 11.4. The van der Waals surface area contributed by atoms with Crippen LogP contribution >= 0.6 is 0 Å². The summed E-state index contributed by atoms with van der Waals surface area (Å²) in [4.78, 5) is 11.4. The molecule has 0 aliphatic carbocycles. The SMILES string of the molecule is C=C(C)C(=O)Oc1ccc(C=CC)cc1OC. The van der Waals surface area contributed by atoms with Gasteiger partial charge in [-0.25, -0.2) is 4.79 Å². The van der Waals surface area contributed by atoms with Gasteiger partial charge in [0.2, 0.25) is 0 Å². The lowest BCUT2D eigenvalue weighted by molar-refractivity contribution is -0.130. The molecule has 0 saturated heterocycles. The van der Waals surface area contributed by atoms with Crippen molar-refractivity contribution in [3.05, 3.63) is 42.0 Å². The third-order valence-corrected chi connectivity index (χ3v) is 2.10. The highest BCUT2D eigenvalue weighted by Crippen LogP contribution is 2.29. The highest BCUT2D eigenvalue weighted by molar-refractivity contribution is 5.89. The minimum Gasteiger partial charge on any atom is -0.493 e. The summed E-state index contributed by atoms with van der Waals surface area (Å²) in [5.74, 6) is 0.464. The highest BCUT2D eigenvalue weighted by atomic mass is 16.6. The Bertz CT molecular complexity index is 459. The maximum Gasteiger partial charge on any atom is 0.338 e. The van der Waals surface area contributed by atoms with E-state index in [1.165, 1.54) is 7.11 Å². The first-order valence-electron chi connectivity index (χ1n) is 5.27. The average molecular weight is 232 g/mol. The van der Waals surface area contributed by atoms with Crippen LogP contribution in [0.25, 0.3) is 6.08 Å². The lowest BCUT2D eigenvalue weighted by Crippen LogP contribution is -2.09. The van der Waals surface area contributed by atoms with E-state index in [1.807, 2.05) is 25.1 Å². The van der Waals surface area contributed by atoms with Crippen LogP contribution in [0.1, 0.15) is 19.4 Å². The zero-order chi connectivity index (χ0) is 12.8. The molecule has 1 aromatic carbocycles. The molecule has 0 aliphatic rings. The van der Waals surface area contributed by atoms with Gasteiger partial charge in [0.25, 0.3) is 0 Å². The molecule has 0 N–H and O–H groups in total. The Morgan fingerprint density at radius 3 is 2.59 bits per heavy atom. The predicted octanol–water partition coefficient (Wildman–Crippen LogP) is 3.21. The van der Waals surface area contributed by atoms with Gasteiger partial charge < -0.3 is 9.47 Å². The number of carbonyl (C=O) groups is 1. The fraction of sp³-hybridized carbons (Fsp3) is 0.214. The van der Waals surface area contributed by atoms with Gasteiger partial charge in [-0.15, -0.1) is 0 Å². The van der Waals surface area contributed by atoms with E-state index in [2.05, 4.69) is 6.58 Å². The molecule has 1 rings (SSSR count). The van der Waals surface area contributed by atoms with Crippen molar-refractivity contribution in [2.75, 3.05) is 7.11 Å². The van der Waals surface area contributed by atoms with Crippen molar-refractivity contribution in [2.45, 2.75) is 13.8 Å². The number of carbonyl (C=O) groups excluding carboxylic acids is 1. The Balaban J connectivity index is 3.00. The summed E-state index contributed by atoms with van der Waals surface area (Å²) in [7, 11) is 1.53. The number of esters is 1. The van der Waals surface area contributed by atoms with E-state index in [1.54, 1.807) is 19.1 Å². The molecular formula is C14H16O3. The Hall–Kier alpha value is -2.03. The molecule has 0 radical (unpaired) electrons. The third kappa shape index (κ3) is 3.48. The number of hydrogen-bond acceptors (Lipinski definition) is 3. The standard InChI is InChI=1S/C14H16O3/c1-5-6-11-7-8-12(13(9-11)16-4)17-14(15)10(2)3/h5-9H,2H2,1,3-4H3. The van der Waals surface area contributed by atoms with Crippen molar-refractivity contribution < 1.29 is 14.3 Å². The van der Waals surface area contributed by atoms with Gasteiger partial charge in [0.15, 0.2) is 11.5 Å². The lowest BCUT2D eigenvalue weighted by atomic mass is 10.2. The summed E-state index contributed by atoms with van der Waals surface area (Å²) < 4.78 is 10.3. The zero-order valence-electron chi connectivity index (χ0n) is 10.3. The van der Waals surface area contributed by atoms with Gasteiger partial charge in [-0.2, -0.15) is 0 Å². The first-order chi connectivity index (χ1) is 8.08. The summed E-state index contributed by atoms with van der Waals surface area (Å²) >= 11 is 0. The molecule has 0 atom stereocenters. The van der Waals surface area contributed by atoms with E-state index in [9.17, 15) is 4.79 Å². The third-order valence-electron chi connectivity index (χ3n) is 2.10. The first-order valence-corrected chi connectivity index (χ1v) is 5.27. The van der Waals surface area contributed by atoms with Crippen molar-refractivity contribution in [1.29, 1.82) is 0 Å². The molecule has 0 aliphatic heterocycles. The van der Waals surface area contributed by atoms with Crippen LogP contribution < -0.4 is 9.47 Å². The Morgan fingerprint density at radius 2 is 2.06 bits per heavy atom. The average Bonchev–Trinajstić information content (AvgIpc) is 2.31. The fourth-order valence-corrected chi connectivity index (χ4v) is 1.25. The highest BCUT2D eigenvalue weighted by Gasteiger charge is 2.10. The second kappa shape index (κ2) is 5.89. The normalized spacial score (nSPS) is 10.3. The molecule has 0 unspecified atom stereocenters. The van der Waals surface area contributed by atoms with Gasteiger partial charge in [-0.3, -0.25) is 0 Å². The summed E-state index contributed by atoms with van der Waals surface area (Å²) in [6, 6.07) is 5.36. The van der Waals surface area contributed by atoms with E-state index in [4.69, 9.17) is 9.47 Å². The maximum absolute atomic E-state index is 11.4. The molecule has 90 valence electrons. The lowest BCUT2D eigenvalue weighted by Gasteiger charge is -2.09. The van der Waals surface area contributed by atoms with Gasteiger partial charge in [0.1, 0.15) is 0 Å². The van der Waals surface area contributed by atoms with Crippen molar-refractivity contribution >= 4 is 12.0 Å². The Morgan fingerprint density at radius 1 is 1.35 bits per heavy atom. The minimum atomic E-state index is -0.456. The van der Waals surface area contributed by atoms with E-state index < -0.39 is 5.97 Å². The molecule has 3 nitrogen and oxygen atoms in total. The summed E-state index contributed by atoms with van der Waals surface area (Å²) in [5, 5.41) is 0. The van der Waals surface area contributed by atoms with E-state index in [0.717, 1.165) is 5.56 Å². The first kappa shape index (κ1) is 13.0. The molecule has 0 heterocycles. The quantitative estimate of drug-likeness (QED) is 0.454. The molecular weight excluding hydrogens is 216 g/mol. The van der Waals surface area contributed by atoms with Crippen molar-refractivity contribution in [2.24, 2.45) is 0 Å². The van der Waals surface area contributed by atoms with Gasteiger partial charge >= 0.3 is 5.97 Å². The number of methoxy groups -OCH3 is 1. The number of ether oxygens (including phenoxy) is 2. The number of benzene rings is 1. The van der Waals surface area contributed by atoms with Crippen LogP contribution in [-0.4, -0.2) is 13.1 Å². The van der Waals surface area contributed by atoms with E-state index in [-0.39, 0.29) is 0 Å². The molecule has 17 heavy (non-hydrogen) atoms. The van der Waals surface area contributed by atoms with Crippen LogP contribution in [0.4, 0.5) is 0 Å². The smallest absolute Gasteiger partial charge is 0.338 e. The van der Waals surface area contributed by atoms with Crippen LogP contribution in [0.3, 0.4) is 0 Å². The zero-order valence-corrected chi connectivity index (χ0v) is 10.3. The van der Waals surface area contributed by atoms with Crippen LogP contribution in [-0.2, 0) is 4.79 Å². The number of hydrogen-bond donors (Lipinski definition) is 0. The van der Waals surface area contributed by atoms with Crippen molar-refractivity contribution in [3.8, 4) is 11.5 Å². The van der Waals surface area contributed by atoms with Gasteiger partial charge in [-0.05, 0) is 31.5 Å². The molecule has 3 heteroatoms. The van der Waals surface area contributed by atoms with Crippen LogP contribution in [0.5, 0.6) is 11.5 Å². The van der Waals surface area contributed by atoms with Crippen LogP contribution in [0.15, 0.2) is 36.4 Å². The van der Waals surface area contributed by atoms with Crippen LogP contribution in [0.2, 0.25) is 0 Å².